The number of hydrogen-bond donors (Lipinski definition) is 1. The van der Waals surface area contributed by atoms with Crippen LogP contribution >= 0.6 is 27.5 Å². The predicted molar refractivity (Wildman–Crippen MR) is 54.2 cm³/mol. The third kappa shape index (κ3) is 2.90. The molecule has 1 N–H and O–H groups in total. The number of ether oxygens (including phenoxy) is 1. The highest BCUT2D eigenvalue weighted by molar-refractivity contribution is 9.10. The van der Waals surface area contributed by atoms with Crippen LogP contribution < -0.4 is 10.1 Å². The molecule has 0 fully saturated rings. The Balaban J connectivity index is 2.79. The van der Waals surface area contributed by atoms with Gasteiger partial charge in [0.15, 0.2) is 0 Å². The molecule has 0 aliphatic rings. The number of carbonyl (C=O) groups excluding carboxylic acids is 1. The molecular weight excluding hydrogens is 257 g/mol. The lowest BCUT2D eigenvalue weighted by Crippen LogP contribution is -2.21. The van der Waals surface area contributed by atoms with Crippen molar-refractivity contribution in [1.29, 1.82) is 0 Å². The summed E-state index contributed by atoms with van der Waals surface area (Å²) in [7, 11) is 1.49. The van der Waals surface area contributed by atoms with E-state index in [1.807, 2.05) is 0 Å². The van der Waals surface area contributed by atoms with Gasteiger partial charge in [-0.3, -0.25) is 0 Å². The number of hydrogen-bond acceptors (Lipinski definition) is 2. The minimum atomic E-state index is -0.505. The topological polar surface area (TPSA) is 38.3 Å². The molecule has 0 bridgehead atoms. The third-order valence-electron chi connectivity index (χ3n) is 1.31. The van der Waals surface area contributed by atoms with Crippen molar-refractivity contribution in [3.63, 3.8) is 0 Å². The summed E-state index contributed by atoms with van der Waals surface area (Å²) in [5.41, 5.74) is 0. The summed E-state index contributed by atoms with van der Waals surface area (Å²) in [6.45, 7) is 0. The van der Waals surface area contributed by atoms with Crippen LogP contribution in [0.4, 0.5) is 4.79 Å². The Labute approximate surface area is 89.2 Å². The fourth-order valence-corrected chi connectivity index (χ4v) is 1.17. The molecule has 13 heavy (non-hydrogen) atoms. The van der Waals surface area contributed by atoms with E-state index in [0.29, 0.717) is 15.2 Å². The SMILES string of the molecule is CNC(=O)Oc1ccc(Cl)c(Br)c1. The van der Waals surface area contributed by atoms with Crippen LogP contribution in [-0.4, -0.2) is 13.1 Å². The smallest absolute Gasteiger partial charge is 0.410 e. The second-order valence-corrected chi connectivity index (χ2v) is 3.48. The first kappa shape index (κ1) is 10.3. The molecule has 0 atom stereocenters. The van der Waals surface area contributed by atoms with E-state index in [1.165, 1.54) is 7.05 Å². The first-order chi connectivity index (χ1) is 6.13. The van der Waals surface area contributed by atoms with E-state index in [9.17, 15) is 4.79 Å². The highest BCUT2D eigenvalue weighted by Crippen LogP contribution is 2.26. The molecule has 3 nitrogen and oxygen atoms in total. The summed E-state index contributed by atoms with van der Waals surface area (Å²) in [6.07, 6.45) is -0.505. The van der Waals surface area contributed by atoms with Gasteiger partial charge < -0.3 is 10.1 Å². The number of carbonyl (C=O) groups is 1. The summed E-state index contributed by atoms with van der Waals surface area (Å²) in [6, 6.07) is 4.88. The molecule has 0 saturated carbocycles. The lowest BCUT2D eigenvalue weighted by atomic mass is 10.3. The quantitative estimate of drug-likeness (QED) is 0.847. The first-order valence-electron chi connectivity index (χ1n) is 3.48. The monoisotopic (exact) mass is 263 g/mol. The van der Waals surface area contributed by atoms with Gasteiger partial charge in [0, 0.05) is 11.5 Å². The Bertz CT molecular complexity index is 330. The van der Waals surface area contributed by atoms with Gasteiger partial charge in [-0.25, -0.2) is 4.79 Å². The van der Waals surface area contributed by atoms with E-state index >= 15 is 0 Å². The Hall–Kier alpha value is -0.740. The van der Waals surface area contributed by atoms with E-state index in [-0.39, 0.29) is 0 Å². The second-order valence-electron chi connectivity index (χ2n) is 2.22. The maximum absolute atomic E-state index is 10.8. The molecule has 0 aliphatic heterocycles. The zero-order valence-corrected chi connectivity index (χ0v) is 9.15. The van der Waals surface area contributed by atoms with Crippen LogP contribution in [0.15, 0.2) is 22.7 Å². The van der Waals surface area contributed by atoms with Crippen LogP contribution in [0.1, 0.15) is 0 Å². The Kier molecular flexibility index (Phi) is 3.57. The highest BCUT2D eigenvalue weighted by atomic mass is 79.9. The van der Waals surface area contributed by atoms with Crippen LogP contribution in [-0.2, 0) is 0 Å². The molecule has 1 aromatic carbocycles. The lowest BCUT2D eigenvalue weighted by molar-refractivity contribution is 0.203. The largest absolute Gasteiger partial charge is 0.412 e. The summed E-state index contributed by atoms with van der Waals surface area (Å²) < 4.78 is 5.55. The van der Waals surface area contributed by atoms with Crippen LogP contribution in [0, 0.1) is 0 Å². The Morgan fingerprint density at radius 3 is 2.85 bits per heavy atom. The standard InChI is InChI=1S/C8H7BrClNO2/c1-11-8(12)13-5-2-3-7(10)6(9)4-5/h2-4H,1H3,(H,11,12). The van der Waals surface area contributed by atoms with Gasteiger partial charge in [0.05, 0.1) is 5.02 Å². The van der Waals surface area contributed by atoms with Crippen molar-refractivity contribution in [2.24, 2.45) is 0 Å². The summed E-state index contributed by atoms with van der Waals surface area (Å²) in [4.78, 5) is 10.8. The average molecular weight is 265 g/mol. The summed E-state index contributed by atoms with van der Waals surface area (Å²) >= 11 is 8.96. The van der Waals surface area contributed by atoms with Gasteiger partial charge in [0.2, 0.25) is 0 Å². The van der Waals surface area contributed by atoms with Gasteiger partial charge >= 0.3 is 6.09 Å². The molecule has 0 radical (unpaired) electrons. The molecule has 1 aromatic rings. The number of nitrogens with one attached hydrogen (secondary N) is 1. The molecule has 0 aliphatic carbocycles. The Morgan fingerprint density at radius 1 is 1.62 bits per heavy atom. The molecule has 5 heteroatoms. The van der Waals surface area contributed by atoms with Gasteiger partial charge in [0.1, 0.15) is 5.75 Å². The number of halogens is 2. The molecule has 0 aromatic heterocycles. The van der Waals surface area contributed by atoms with Crippen molar-refractivity contribution >= 4 is 33.6 Å². The van der Waals surface area contributed by atoms with Gasteiger partial charge in [-0.15, -0.1) is 0 Å². The normalized spacial score (nSPS) is 9.46. The molecular formula is C8H7BrClNO2. The number of rotatable bonds is 1. The predicted octanol–water partition coefficient (Wildman–Crippen LogP) is 2.82. The van der Waals surface area contributed by atoms with Crippen molar-refractivity contribution < 1.29 is 9.53 Å². The zero-order chi connectivity index (χ0) is 9.84. The number of amides is 1. The van der Waals surface area contributed by atoms with E-state index in [0.717, 1.165) is 0 Å². The molecule has 70 valence electrons. The minimum Gasteiger partial charge on any atom is -0.410 e. The maximum Gasteiger partial charge on any atom is 0.412 e. The van der Waals surface area contributed by atoms with Crippen molar-refractivity contribution in [2.45, 2.75) is 0 Å². The fourth-order valence-electron chi connectivity index (χ4n) is 0.698. The van der Waals surface area contributed by atoms with Gasteiger partial charge in [0.25, 0.3) is 0 Å². The summed E-state index contributed by atoms with van der Waals surface area (Å²) in [5, 5.41) is 2.91. The van der Waals surface area contributed by atoms with Crippen LogP contribution in [0.2, 0.25) is 5.02 Å². The first-order valence-corrected chi connectivity index (χ1v) is 4.65. The number of benzene rings is 1. The third-order valence-corrected chi connectivity index (χ3v) is 2.52. The van der Waals surface area contributed by atoms with Crippen LogP contribution in [0.5, 0.6) is 5.75 Å². The van der Waals surface area contributed by atoms with Crippen molar-refractivity contribution in [3.8, 4) is 5.75 Å². The van der Waals surface area contributed by atoms with Crippen molar-refractivity contribution in [1.82, 2.24) is 5.32 Å². The molecule has 0 heterocycles. The van der Waals surface area contributed by atoms with Crippen LogP contribution in [0.25, 0.3) is 0 Å². The van der Waals surface area contributed by atoms with Crippen molar-refractivity contribution in [2.75, 3.05) is 7.05 Å². The minimum absolute atomic E-state index is 0.440. The van der Waals surface area contributed by atoms with Crippen LogP contribution in [0.3, 0.4) is 0 Å². The van der Waals surface area contributed by atoms with E-state index in [4.69, 9.17) is 16.3 Å². The lowest BCUT2D eigenvalue weighted by Gasteiger charge is -2.03. The van der Waals surface area contributed by atoms with Gasteiger partial charge in [-0.05, 0) is 34.1 Å². The molecule has 0 saturated heterocycles. The van der Waals surface area contributed by atoms with E-state index in [2.05, 4.69) is 21.2 Å². The van der Waals surface area contributed by atoms with E-state index < -0.39 is 6.09 Å². The second kappa shape index (κ2) is 4.48. The van der Waals surface area contributed by atoms with Gasteiger partial charge in [-0.2, -0.15) is 0 Å². The van der Waals surface area contributed by atoms with Gasteiger partial charge in [-0.1, -0.05) is 11.6 Å². The molecule has 1 rings (SSSR count). The Morgan fingerprint density at radius 2 is 2.31 bits per heavy atom. The average Bonchev–Trinajstić information content (AvgIpc) is 2.11. The maximum atomic E-state index is 10.8. The highest BCUT2D eigenvalue weighted by Gasteiger charge is 2.03. The molecule has 0 unspecified atom stereocenters. The molecule has 1 amide bonds. The molecule has 0 spiro atoms. The summed E-state index contributed by atoms with van der Waals surface area (Å²) in [5.74, 6) is 0.440. The zero-order valence-electron chi connectivity index (χ0n) is 6.80. The fraction of sp³-hybridized carbons (Fsp3) is 0.125. The van der Waals surface area contributed by atoms with Crippen molar-refractivity contribution in [3.05, 3.63) is 27.7 Å². The van der Waals surface area contributed by atoms with E-state index in [1.54, 1.807) is 18.2 Å².